The molecule has 0 aliphatic heterocycles. The van der Waals surface area contributed by atoms with Gasteiger partial charge >= 0.3 is 0 Å². The largest absolute Gasteiger partial charge is 0.272 e. The van der Waals surface area contributed by atoms with Gasteiger partial charge in [-0.05, 0) is 24.3 Å². The Labute approximate surface area is 93.4 Å². The lowest BCUT2D eigenvalue weighted by Crippen LogP contribution is -2.29. The highest BCUT2D eigenvalue weighted by Crippen LogP contribution is 2.19. The molecule has 1 heterocycles. The van der Waals surface area contributed by atoms with Crippen LogP contribution in [0.15, 0.2) is 17.5 Å². The van der Waals surface area contributed by atoms with Crippen LogP contribution in [0.4, 0.5) is 0 Å². The van der Waals surface area contributed by atoms with Crippen LogP contribution in [0, 0.1) is 0 Å². The minimum Gasteiger partial charge on any atom is -0.272 e. The molecule has 0 unspecified atom stereocenters. The van der Waals surface area contributed by atoms with Gasteiger partial charge in [0.2, 0.25) is 5.91 Å². The SMILES string of the molecule is O=C(Cc1cccs1)NOC1CCCC1. The van der Waals surface area contributed by atoms with E-state index < -0.39 is 0 Å². The van der Waals surface area contributed by atoms with Crippen LogP contribution < -0.4 is 5.48 Å². The minimum atomic E-state index is -0.0515. The van der Waals surface area contributed by atoms with Crippen LogP contribution in [0.5, 0.6) is 0 Å². The second kappa shape index (κ2) is 5.28. The van der Waals surface area contributed by atoms with Crippen molar-refractivity contribution in [2.24, 2.45) is 0 Å². The molecule has 0 saturated heterocycles. The van der Waals surface area contributed by atoms with E-state index in [9.17, 15) is 4.79 Å². The van der Waals surface area contributed by atoms with Gasteiger partial charge in [0.25, 0.3) is 0 Å². The van der Waals surface area contributed by atoms with Gasteiger partial charge in [-0.15, -0.1) is 11.3 Å². The van der Waals surface area contributed by atoms with Gasteiger partial charge in [-0.2, -0.15) is 0 Å². The maximum atomic E-state index is 11.4. The van der Waals surface area contributed by atoms with E-state index >= 15 is 0 Å². The van der Waals surface area contributed by atoms with E-state index in [-0.39, 0.29) is 12.0 Å². The summed E-state index contributed by atoms with van der Waals surface area (Å²) >= 11 is 1.59. The molecule has 1 amide bonds. The van der Waals surface area contributed by atoms with Crippen molar-refractivity contribution < 1.29 is 9.63 Å². The average molecular weight is 225 g/mol. The van der Waals surface area contributed by atoms with Gasteiger partial charge in [0.05, 0.1) is 12.5 Å². The van der Waals surface area contributed by atoms with Crippen molar-refractivity contribution >= 4 is 17.2 Å². The molecule has 2 rings (SSSR count). The van der Waals surface area contributed by atoms with E-state index in [0.717, 1.165) is 17.7 Å². The maximum absolute atomic E-state index is 11.4. The Bertz CT molecular complexity index is 304. The number of hydroxylamine groups is 1. The summed E-state index contributed by atoms with van der Waals surface area (Å²) in [4.78, 5) is 17.8. The molecule has 0 spiro atoms. The molecule has 0 atom stereocenters. The molecule has 0 bridgehead atoms. The number of thiophene rings is 1. The average Bonchev–Trinajstić information content (AvgIpc) is 2.86. The molecule has 1 fully saturated rings. The van der Waals surface area contributed by atoms with Crippen LogP contribution in [0.3, 0.4) is 0 Å². The summed E-state index contributed by atoms with van der Waals surface area (Å²) in [6.07, 6.45) is 5.22. The number of nitrogens with one attached hydrogen (secondary N) is 1. The first-order valence-corrected chi connectivity index (χ1v) is 6.19. The van der Waals surface area contributed by atoms with Crippen molar-refractivity contribution in [1.29, 1.82) is 0 Å². The Hall–Kier alpha value is -0.870. The van der Waals surface area contributed by atoms with Crippen molar-refractivity contribution in [1.82, 2.24) is 5.48 Å². The molecular weight excluding hydrogens is 210 g/mol. The predicted octanol–water partition coefficient (Wildman–Crippen LogP) is 2.28. The van der Waals surface area contributed by atoms with Crippen LogP contribution in [-0.2, 0) is 16.1 Å². The van der Waals surface area contributed by atoms with Crippen molar-refractivity contribution in [2.45, 2.75) is 38.2 Å². The molecular formula is C11H15NO2S. The second-order valence-corrected chi connectivity index (χ2v) is 4.84. The molecule has 1 saturated carbocycles. The molecule has 1 N–H and O–H groups in total. The zero-order valence-corrected chi connectivity index (χ0v) is 9.39. The lowest BCUT2D eigenvalue weighted by Gasteiger charge is -2.10. The molecule has 1 aliphatic carbocycles. The summed E-state index contributed by atoms with van der Waals surface area (Å²) in [5.74, 6) is -0.0515. The Morgan fingerprint density at radius 3 is 3.00 bits per heavy atom. The molecule has 1 aromatic heterocycles. The van der Waals surface area contributed by atoms with E-state index in [2.05, 4.69) is 5.48 Å². The van der Waals surface area contributed by atoms with Gasteiger partial charge in [0, 0.05) is 4.88 Å². The lowest BCUT2D eigenvalue weighted by molar-refractivity contribution is -0.137. The zero-order chi connectivity index (χ0) is 10.5. The van der Waals surface area contributed by atoms with E-state index in [1.54, 1.807) is 11.3 Å². The van der Waals surface area contributed by atoms with Crippen LogP contribution in [0.25, 0.3) is 0 Å². The first-order chi connectivity index (χ1) is 7.34. The van der Waals surface area contributed by atoms with Gasteiger partial charge in [0.15, 0.2) is 0 Å². The summed E-state index contributed by atoms with van der Waals surface area (Å²) in [6.45, 7) is 0. The predicted molar refractivity (Wildman–Crippen MR) is 59.5 cm³/mol. The van der Waals surface area contributed by atoms with Gasteiger partial charge in [-0.3, -0.25) is 9.63 Å². The second-order valence-electron chi connectivity index (χ2n) is 3.81. The Morgan fingerprint density at radius 1 is 1.53 bits per heavy atom. The minimum absolute atomic E-state index is 0.0515. The van der Waals surface area contributed by atoms with Gasteiger partial charge < -0.3 is 0 Å². The topological polar surface area (TPSA) is 38.3 Å². The fourth-order valence-corrected chi connectivity index (χ4v) is 2.47. The van der Waals surface area contributed by atoms with E-state index in [0.29, 0.717) is 6.42 Å². The fraction of sp³-hybridized carbons (Fsp3) is 0.545. The summed E-state index contributed by atoms with van der Waals surface area (Å²) in [7, 11) is 0. The smallest absolute Gasteiger partial charge is 0.248 e. The fourth-order valence-electron chi connectivity index (χ4n) is 1.76. The highest BCUT2D eigenvalue weighted by molar-refractivity contribution is 7.10. The first-order valence-electron chi connectivity index (χ1n) is 5.31. The van der Waals surface area contributed by atoms with Crippen molar-refractivity contribution in [3.63, 3.8) is 0 Å². The Balaban J connectivity index is 1.68. The summed E-state index contributed by atoms with van der Waals surface area (Å²) in [5.41, 5.74) is 2.53. The summed E-state index contributed by atoms with van der Waals surface area (Å²) in [6, 6.07) is 3.91. The molecule has 0 radical (unpaired) electrons. The first kappa shape index (κ1) is 10.6. The van der Waals surface area contributed by atoms with Crippen LogP contribution in [0.1, 0.15) is 30.6 Å². The molecule has 4 heteroatoms. The monoisotopic (exact) mass is 225 g/mol. The molecule has 82 valence electrons. The molecule has 1 aliphatic rings. The number of carbonyl (C=O) groups excluding carboxylic acids is 1. The highest BCUT2D eigenvalue weighted by atomic mass is 32.1. The maximum Gasteiger partial charge on any atom is 0.248 e. The Morgan fingerprint density at radius 2 is 2.33 bits per heavy atom. The van der Waals surface area contributed by atoms with Crippen molar-refractivity contribution in [2.75, 3.05) is 0 Å². The van der Waals surface area contributed by atoms with Gasteiger partial charge in [0.1, 0.15) is 0 Å². The van der Waals surface area contributed by atoms with E-state index in [4.69, 9.17) is 4.84 Å². The third kappa shape index (κ3) is 3.32. The standard InChI is InChI=1S/C11H15NO2S/c13-11(8-10-6-3-7-15-10)12-14-9-4-1-2-5-9/h3,6-7,9H,1-2,4-5,8H2,(H,12,13). The van der Waals surface area contributed by atoms with Gasteiger partial charge in [-0.25, -0.2) is 5.48 Å². The number of rotatable bonds is 4. The molecule has 3 nitrogen and oxygen atoms in total. The third-order valence-electron chi connectivity index (χ3n) is 2.56. The molecule has 15 heavy (non-hydrogen) atoms. The third-order valence-corrected chi connectivity index (χ3v) is 3.43. The summed E-state index contributed by atoms with van der Waals surface area (Å²) < 4.78 is 0. The number of amides is 1. The van der Waals surface area contributed by atoms with Crippen LogP contribution in [0.2, 0.25) is 0 Å². The van der Waals surface area contributed by atoms with Crippen molar-refractivity contribution in [3.05, 3.63) is 22.4 Å². The lowest BCUT2D eigenvalue weighted by atomic mass is 10.3. The molecule has 0 aromatic carbocycles. The number of hydrogen-bond acceptors (Lipinski definition) is 3. The molecule has 1 aromatic rings. The van der Waals surface area contributed by atoms with E-state index in [1.165, 1.54) is 12.8 Å². The van der Waals surface area contributed by atoms with Crippen LogP contribution in [-0.4, -0.2) is 12.0 Å². The number of hydrogen-bond donors (Lipinski definition) is 1. The van der Waals surface area contributed by atoms with E-state index in [1.807, 2.05) is 17.5 Å². The highest BCUT2D eigenvalue weighted by Gasteiger charge is 2.16. The van der Waals surface area contributed by atoms with Crippen LogP contribution >= 0.6 is 11.3 Å². The summed E-state index contributed by atoms with van der Waals surface area (Å²) in [5, 5.41) is 1.97. The van der Waals surface area contributed by atoms with Gasteiger partial charge in [-0.1, -0.05) is 18.9 Å². The van der Waals surface area contributed by atoms with Crippen molar-refractivity contribution in [3.8, 4) is 0 Å². The Kier molecular flexibility index (Phi) is 3.75. The zero-order valence-electron chi connectivity index (χ0n) is 8.57. The normalized spacial score (nSPS) is 16.8. The number of carbonyl (C=O) groups is 1. The quantitative estimate of drug-likeness (QED) is 0.798.